The molecule has 23 heavy (non-hydrogen) atoms. The Morgan fingerprint density at radius 1 is 1.26 bits per heavy atom. The Balaban J connectivity index is 1.86. The maximum absolute atomic E-state index is 6.12. The molecule has 3 aromatic rings. The lowest BCUT2D eigenvalue weighted by Gasteiger charge is -2.10. The summed E-state index contributed by atoms with van der Waals surface area (Å²) in [4.78, 5) is 12.9. The van der Waals surface area contributed by atoms with Gasteiger partial charge in [-0.2, -0.15) is 0 Å². The SMILES string of the molecule is CCCNc1ncnc(Nc2nc3ccc(OC)cc3s2)c1N. The number of fused-ring (bicyclic) bond motifs is 1. The molecule has 3 rings (SSSR count). The summed E-state index contributed by atoms with van der Waals surface area (Å²) in [6, 6.07) is 5.76. The van der Waals surface area contributed by atoms with Gasteiger partial charge in [-0.05, 0) is 24.6 Å². The lowest BCUT2D eigenvalue weighted by Crippen LogP contribution is -2.08. The predicted molar refractivity (Wildman–Crippen MR) is 94.7 cm³/mol. The fourth-order valence-electron chi connectivity index (χ4n) is 2.07. The molecule has 120 valence electrons. The number of nitrogens with zero attached hydrogens (tertiary/aromatic N) is 3. The molecule has 0 radical (unpaired) electrons. The minimum atomic E-state index is 0.484. The van der Waals surface area contributed by atoms with E-state index in [-0.39, 0.29) is 0 Å². The van der Waals surface area contributed by atoms with Crippen molar-refractivity contribution in [3.05, 3.63) is 24.5 Å². The van der Waals surface area contributed by atoms with Crippen LogP contribution in [-0.2, 0) is 0 Å². The summed E-state index contributed by atoms with van der Waals surface area (Å²) in [7, 11) is 1.65. The van der Waals surface area contributed by atoms with Gasteiger partial charge in [0.05, 0.1) is 17.3 Å². The molecule has 2 heterocycles. The van der Waals surface area contributed by atoms with Gasteiger partial charge in [0.15, 0.2) is 16.8 Å². The van der Waals surface area contributed by atoms with Crippen molar-refractivity contribution < 1.29 is 4.74 Å². The Hall–Kier alpha value is -2.61. The van der Waals surface area contributed by atoms with Crippen molar-refractivity contribution in [3.63, 3.8) is 0 Å². The topological polar surface area (TPSA) is 98.0 Å². The zero-order valence-corrected chi connectivity index (χ0v) is 13.8. The molecule has 1 aromatic carbocycles. The Bertz CT molecular complexity index is 819. The summed E-state index contributed by atoms with van der Waals surface area (Å²) in [6.07, 6.45) is 2.47. The molecule has 0 saturated heterocycles. The van der Waals surface area contributed by atoms with Crippen LogP contribution in [0.1, 0.15) is 13.3 Å². The maximum Gasteiger partial charge on any atom is 0.189 e. The summed E-state index contributed by atoms with van der Waals surface area (Å²) in [5.74, 6) is 1.98. The van der Waals surface area contributed by atoms with Gasteiger partial charge in [0, 0.05) is 6.54 Å². The zero-order valence-electron chi connectivity index (χ0n) is 13.0. The molecular formula is C15H18N6OS. The quantitative estimate of drug-likeness (QED) is 0.638. The second kappa shape index (κ2) is 6.66. The van der Waals surface area contributed by atoms with Crippen molar-refractivity contribution in [1.29, 1.82) is 0 Å². The van der Waals surface area contributed by atoms with Gasteiger partial charge in [0.2, 0.25) is 0 Å². The number of aromatic nitrogens is 3. The molecule has 7 nitrogen and oxygen atoms in total. The van der Waals surface area contributed by atoms with E-state index in [1.165, 1.54) is 17.7 Å². The number of nitrogens with two attached hydrogens (primary N) is 1. The Morgan fingerprint density at radius 2 is 2.09 bits per heavy atom. The van der Waals surface area contributed by atoms with Crippen LogP contribution in [0.3, 0.4) is 0 Å². The summed E-state index contributed by atoms with van der Waals surface area (Å²) >= 11 is 1.52. The predicted octanol–water partition coefficient (Wildman–Crippen LogP) is 3.24. The number of ether oxygens (including phenoxy) is 1. The fourth-order valence-corrected chi connectivity index (χ4v) is 2.96. The highest BCUT2D eigenvalue weighted by molar-refractivity contribution is 7.22. The van der Waals surface area contributed by atoms with Crippen molar-refractivity contribution in [3.8, 4) is 5.75 Å². The van der Waals surface area contributed by atoms with Crippen LogP contribution in [0.15, 0.2) is 24.5 Å². The number of hydrogen-bond donors (Lipinski definition) is 3. The minimum Gasteiger partial charge on any atom is -0.497 e. The van der Waals surface area contributed by atoms with E-state index in [0.717, 1.165) is 34.1 Å². The summed E-state index contributed by atoms with van der Waals surface area (Å²) in [5, 5.41) is 7.07. The molecule has 0 unspecified atom stereocenters. The number of methoxy groups -OCH3 is 1. The third-order valence-electron chi connectivity index (χ3n) is 3.25. The first-order valence-corrected chi connectivity index (χ1v) is 8.09. The van der Waals surface area contributed by atoms with Crippen LogP contribution in [-0.4, -0.2) is 28.6 Å². The van der Waals surface area contributed by atoms with Crippen molar-refractivity contribution in [2.24, 2.45) is 0 Å². The second-order valence-corrected chi connectivity index (χ2v) is 5.92. The van der Waals surface area contributed by atoms with Crippen molar-refractivity contribution >= 4 is 44.0 Å². The van der Waals surface area contributed by atoms with E-state index in [4.69, 9.17) is 10.5 Å². The maximum atomic E-state index is 6.12. The number of nitrogens with one attached hydrogen (secondary N) is 2. The molecule has 0 aliphatic carbocycles. The Morgan fingerprint density at radius 3 is 2.87 bits per heavy atom. The number of hydrogen-bond acceptors (Lipinski definition) is 8. The van der Waals surface area contributed by atoms with E-state index in [0.29, 0.717) is 17.3 Å². The third kappa shape index (κ3) is 3.26. The van der Waals surface area contributed by atoms with E-state index in [1.807, 2.05) is 18.2 Å². The average molecular weight is 330 g/mol. The summed E-state index contributed by atoms with van der Waals surface area (Å²) < 4.78 is 6.26. The Labute approximate surface area is 137 Å². The van der Waals surface area contributed by atoms with E-state index < -0.39 is 0 Å². The average Bonchev–Trinajstić information content (AvgIpc) is 2.97. The number of nitrogen functional groups attached to an aromatic ring is 1. The van der Waals surface area contributed by atoms with E-state index in [1.54, 1.807) is 7.11 Å². The van der Waals surface area contributed by atoms with Gasteiger partial charge < -0.3 is 21.1 Å². The third-order valence-corrected chi connectivity index (χ3v) is 4.18. The van der Waals surface area contributed by atoms with Crippen LogP contribution in [0.2, 0.25) is 0 Å². The molecule has 2 aromatic heterocycles. The van der Waals surface area contributed by atoms with Crippen molar-refractivity contribution in [2.45, 2.75) is 13.3 Å². The van der Waals surface area contributed by atoms with Gasteiger partial charge in [0.1, 0.15) is 17.8 Å². The highest BCUT2D eigenvalue weighted by Crippen LogP contribution is 2.32. The largest absolute Gasteiger partial charge is 0.497 e. The molecule has 4 N–H and O–H groups in total. The van der Waals surface area contributed by atoms with Gasteiger partial charge in [-0.25, -0.2) is 15.0 Å². The number of rotatable bonds is 6. The smallest absolute Gasteiger partial charge is 0.189 e. The van der Waals surface area contributed by atoms with Crippen LogP contribution < -0.4 is 21.1 Å². The van der Waals surface area contributed by atoms with E-state index >= 15 is 0 Å². The lowest BCUT2D eigenvalue weighted by molar-refractivity contribution is 0.415. The first-order chi connectivity index (χ1) is 11.2. The van der Waals surface area contributed by atoms with Gasteiger partial charge in [-0.1, -0.05) is 18.3 Å². The first-order valence-electron chi connectivity index (χ1n) is 7.27. The molecule has 0 bridgehead atoms. The fraction of sp³-hybridized carbons (Fsp3) is 0.267. The van der Waals surface area contributed by atoms with E-state index in [9.17, 15) is 0 Å². The highest BCUT2D eigenvalue weighted by atomic mass is 32.1. The van der Waals surface area contributed by atoms with Gasteiger partial charge in [-0.3, -0.25) is 0 Å². The van der Waals surface area contributed by atoms with E-state index in [2.05, 4.69) is 32.5 Å². The van der Waals surface area contributed by atoms with Crippen molar-refractivity contribution in [2.75, 3.05) is 30.0 Å². The molecule has 0 atom stereocenters. The van der Waals surface area contributed by atoms with Crippen LogP contribution in [0.4, 0.5) is 22.5 Å². The second-order valence-electron chi connectivity index (χ2n) is 4.89. The number of benzene rings is 1. The molecule has 0 fully saturated rings. The van der Waals surface area contributed by atoms with Crippen LogP contribution >= 0.6 is 11.3 Å². The van der Waals surface area contributed by atoms with Gasteiger partial charge in [-0.15, -0.1) is 0 Å². The van der Waals surface area contributed by atoms with Gasteiger partial charge in [0.25, 0.3) is 0 Å². The standard InChI is InChI=1S/C15H18N6OS/c1-3-6-17-13-12(16)14(19-8-18-13)21-15-20-10-5-4-9(22-2)7-11(10)23-15/h4-5,7-8H,3,6,16H2,1-2H3,(H2,17,18,19,20,21). The molecular weight excluding hydrogens is 312 g/mol. The van der Waals surface area contributed by atoms with Crippen LogP contribution in [0.5, 0.6) is 5.75 Å². The molecule has 0 saturated carbocycles. The van der Waals surface area contributed by atoms with Crippen molar-refractivity contribution in [1.82, 2.24) is 15.0 Å². The molecule has 0 aliphatic rings. The zero-order chi connectivity index (χ0) is 16.2. The molecule has 0 aliphatic heterocycles. The minimum absolute atomic E-state index is 0.484. The normalized spacial score (nSPS) is 10.7. The summed E-state index contributed by atoms with van der Waals surface area (Å²) in [5.41, 5.74) is 7.50. The van der Waals surface area contributed by atoms with Crippen LogP contribution in [0, 0.1) is 0 Å². The number of anilines is 4. The molecule has 0 spiro atoms. The molecule has 8 heteroatoms. The van der Waals surface area contributed by atoms with Crippen LogP contribution in [0.25, 0.3) is 10.2 Å². The monoisotopic (exact) mass is 330 g/mol. The first kappa shape index (κ1) is 15.3. The molecule has 0 amide bonds. The number of thiazole rings is 1. The Kier molecular flexibility index (Phi) is 4.42. The summed E-state index contributed by atoms with van der Waals surface area (Å²) in [6.45, 7) is 2.89. The lowest BCUT2D eigenvalue weighted by atomic mass is 10.3. The van der Waals surface area contributed by atoms with Gasteiger partial charge >= 0.3 is 0 Å². The highest BCUT2D eigenvalue weighted by Gasteiger charge is 2.11.